The second-order valence-electron chi connectivity index (χ2n) is 4.73. The lowest BCUT2D eigenvalue weighted by Crippen LogP contribution is -2.44. The summed E-state index contributed by atoms with van der Waals surface area (Å²) >= 11 is 4.98. The summed E-state index contributed by atoms with van der Waals surface area (Å²) in [6.07, 6.45) is 2.85. The Morgan fingerprint density at radius 3 is 2.47 bits per heavy atom. The highest BCUT2D eigenvalue weighted by Crippen LogP contribution is 2.39. The van der Waals surface area contributed by atoms with Crippen LogP contribution >= 0.6 is 12.2 Å². The second kappa shape index (κ2) is 5.21. The van der Waals surface area contributed by atoms with Gasteiger partial charge in [-0.05, 0) is 25.0 Å². The van der Waals surface area contributed by atoms with Gasteiger partial charge in [0.2, 0.25) is 5.91 Å². The molecule has 2 rings (SSSR count). The standard InChI is InChI=1S/C13H14F2N2OS/c14-8-3-4-10(9(15)7-8)17-12(18)13(11(16)19)5-1-2-6-13/h3-4,7H,1-2,5-6H2,(H2,16,19)(H,17,18). The molecule has 102 valence electrons. The van der Waals surface area contributed by atoms with Gasteiger partial charge in [0, 0.05) is 6.07 Å². The maximum atomic E-state index is 13.5. The van der Waals surface area contributed by atoms with Gasteiger partial charge >= 0.3 is 0 Å². The number of carbonyl (C=O) groups is 1. The first-order chi connectivity index (χ1) is 8.95. The van der Waals surface area contributed by atoms with Crippen LogP contribution in [-0.2, 0) is 4.79 Å². The lowest BCUT2D eigenvalue weighted by atomic mass is 9.85. The largest absolute Gasteiger partial charge is 0.392 e. The van der Waals surface area contributed by atoms with Gasteiger partial charge in [0.05, 0.1) is 16.1 Å². The predicted molar refractivity (Wildman–Crippen MR) is 72.7 cm³/mol. The Balaban J connectivity index is 2.22. The first kappa shape index (κ1) is 13.9. The van der Waals surface area contributed by atoms with Crippen LogP contribution < -0.4 is 11.1 Å². The summed E-state index contributed by atoms with van der Waals surface area (Å²) in [6.45, 7) is 0. The highest BCUT2D eigenvalue weighted by molar-refractivity contribution is 7.80. The number of rotatable bonds is 3. The SMILES string of the molecule is NC(=S)C1(C(=O)Nc2ccc(F)cc2F)CCCC1. The molecule has 0 spiro atoms. The van der Waals surface area contributed by atoms with Crippen molar-refractivity contribution >= 4 is 28.8 Å². The molecule has 1 aromatic carbocycles. The van der Waals surface area contributed by atoms with E-state index >= 15 is 0 Å². The van der Waals surface area contributed by atoms with E-state index in [0.29, 0.717) is 12.8 Å². The molecule has 0 saturated heterocycles. The van der Waals surface area contributed by atoms with E-state index in [1.54, 1.807) is 0 Å². The smallest absolute Gasteiger partial charge is 0.237 e. The van der Waals surface area contributed by atoms with E-state index in [-0.39, 0.29) is 10.7 Å². The summed E-state index contributed by atoms with van der Waals surface area (Å²) in [7, 11) is 0. The van der Waals surface area contributed by atoms with Gasteiger partial charge in [-0.1, -0.05) is 25.1 Å². The van der Waals surface area contributed by atoms with E-state index < -0.39 is 23.0 Å². The van der Waals surface area contributed by atoms with Crippen molar-refractivity contribution in [2.75, 3.05) is 5.32 Å². The number of nitrogens with two attached hydrogens (primary N) is 1. The first-order valence-corrected chi connectivity index (χ1v) is 6.43. The molecule has 0 aromatic heterocycles. The Morgan fingerprint density at radius 2 is 1.95 bits per heavy atom. The van der Waals surface area contributed by atoms with Crippen LogP contribution in [0.15, 0.2) is 18.2 Å². The van der Waals surface area contributed by atoms with Gasteiger partial charge in [-0.2, -0.15) is 0 Å². The molecule has 1 amide bonds. The van der Waals surface area contributed by atoms with Crippen LogP contribution in [0.4, 0.5) is 14.5 Å². The normalized spacial score (nSPS) is 17.2. The van der Waals surface area contributed by atoms with Crippen molar-refractivity contribution < 1.29 is 13.6 Å². The average molecular weight is 284 g/mol. The summed E-state index contributed by atoms with van der Waals surface area (Å²) in [6, 6.07) is 2.99. The van der Waals surface area contributed by atoms with Crippen LogP contribution in [0.1, 0.15) is 25.7 Å². The summed E-state index contributed by atoms with van der Waals surface area (Å²) in [4.78, 5) is 12.4. The topological polar surface area (TPSA) is 55.1 Å². The molecule has 1 saturated carbocycles. The van der Waals surface area contributed by atoms with Crippen LogP contribution in [-0.4, -0.2) is 10.9 Å². The van der Waals surface area contributed by atoms with Crippen molar-refractivity contribution in [2.24, 2.45) is 11.1 Å². The maximum Gasteiger partial charge on any atom is 0.237 e. The Hall–Kier alpha value is -1.56. The third kappa shape index (κ3) is 2.58. The Labute approximate surface area is 115 Å². The first-order valence-electron chi connectivity index (χ1n) is 6.02. The van der Waals surface area contributed by atoms with E-state index in [4.69, 9.17) is 18.0 Å². The van der Waals surface area contributed by atoms with Gasteiger partial charge in [-0.15, -0.1) is 0 Å². The van der Waals surface area contributed by atoms with Crippen LogP contribution in [0, 0.1) is 17.0 Å². The molecule has 6 heteroatoms. The minimum atomic E-state index is -0.907. The van der Waals surface area contributed by atoms with Gasteiger partial charge < -0.3 is 11.1 Å². The predicted octanol–water partition coefficient (Wildman–Crippen LogP) is 2.75. The Morgan fingerprint density at radius 1 is 1.32 bits per heavy atom. The van der Waals surface area contributed by atoms with Crippen LogP contribution in [0.25, 0.3) is 0 Å². The second-order valence-corrected chi connectivity index (χ2v) is 5.17. The molecule has 1 aromatic rings. The summed E-state index contributed by atoms with van der Waals surface area (Å²) in [5, 5.41) is 2.45. The van der Waals surface area contributed by atoms with Crippen molar-refractivity contribution in [1.82, 2.24) is 0 Å². The van der Waals surface area contributed by atoms with Crippen molar-refractivity contribution in [1.29, 1.82) is 0 Å². The number of carbonyl (C=O) groups excluding carboxylic acids is 1. The highest BCUT2D eigenvalue weighted by atomic mass is 32.1. The monoisotopic (exact) mass is 284 g/mol. The van der Waals surface area contributed by atoms with Crippen LogP contribution in [0.2, 0.25) is 0 Å². The molecule has 3 nitrogen and oxygen atoms in total. The van der Waals surface area contributed by atoms with Gasteiger partial charge in [0.25, 0.3) is 0 Å². The van der Waals surface area contributed by atoms with Gasteiger partial charge in [-0.3, -0.25) is 4.79 Å². The van der Waals surface area contributed by atoms with E-state index in [0.717, 1.165) is 25.0 Å². The number of hydrogen-bond donors (Lipinski definition) is 2. The highest BCUT2D eigenvalue weighted by Gasteiger charge is 2.44. The minimum Gasteiger partial charge on any atom is -0.392 e. The number of hydrogen-bond acceptors (Lipinski definition) is 2. The molecule has 0 unspecified atom stereocenters. The Bertz CT molecular complexity index is 527. The third-order valence-corrected chi connectivity index (χ3v) is 3.93. The molecular weight excluding hydrogens is 270 g/mol. The van der Waals surface area contributed by atoms with E-state index in [9.17, 15) is 13.6 Å². The molecule has 19 heavy (non-hydrogen) atoms. The van der Waals surface area contributed by atoms with Crippen LogP contribution in [0.3, 0.4) is 0 Å². The van der Waals surface area contributed by atoms with Crippen molar-refractivity contribution in [3.63, 3.8) is 0 Å². The zero-order valence-corrected chi connectivity index (χ0v) is 11.0. The summed E-state index contributed by atoms with van der Waals surface area (Å²) in [5.74, 6) is -1.92. The zero-order valence-electron chi connectivity index (χ0n) is 10.2. The van der Waals surface area contributed by atoms with Crippen LogP contribution in [0.5, 0.6) is 0 Å². The summed E-state index contributed by atoms with van der Waals surface area (Å²) in [5.41, 5.74) is 4.70. The van der Waals surface area contributed by atoms with Crippen molar-refractivity contribution in [3.8, 4) is 0 Å². The van der Waals surface area contributed by atoms with Crippen molar-refractivity contribution in [3.05, 3.63) is 29.8 Å². The number of anilines is 1. The molecule has 0 radical (unpaired) electrons. The lowest BCUT2D eigenvalue weighted by Gasteiger charge is -2.26. The maximum absolute atomic E-state index is 13.5. The average Bonchev–Trinajstić information content (AvgIpc) is 2.83. The number of benzene rings is 1. The fourth-order valence-corrected chi connectivity index (χ4v) is 2.69. The molecule has 0 heterocycles. The van der Waals surface area contributed by atoms with E-state index in [1.165, 1.54) is 6.07 Å². The number of halogens is 2. The molecule has 0 aliphatic heterocycles. The molecule has 1 aliphatic carbocycles. The van der Waals surface area contributed by atoms with Crippen molar-refractivity contribution in [2.45, 2.75) is 25.7 Å². The molecule has 0 atom stereocenters. The quantitative estimate of drug-likeness (QED) is 0.839. The lowest BCUT2D eigenvalue weighted by molar-refractivity contribution is -0.122. The zero-order chi connectivity index (χ0) is 14.0. The fraction of sp³-hybridized carbons (Fsp3) is 0.385. The Kier molecular flexibility index (Phi) is 3.80. The number of thiocarbonyl (C=S) groups is 1. The molecular formula is C13H14F2N2OS. The number of nitrogens with one attached hydrogen (secondary N) is 1. The number of amides is 1. The van der Waals surface area contributed by atoms with Gasteiger partial charge in [0.1, 0.15) is 11.6 Å². The van der Waals surface area contributed by atoms with E-state index in [2.05, 4.69) is 5.32 Å². The molecule has 1 fully saturated rings. The van der Waals surface area contributed by atoms with Gasteiger partial charge in [0.15, 0.2) is 0 Å². The molecule has 3 N–H and O–H groups in total. The van der Waals surface area contributed by atoms with E-state index in [1.807, 2.05) is 0 Å². The third-order valence-electron chi connectivity index (χ3n) is 3.54. The minimum absolute atomic E-state index is 0.0612. The fourth-order valence-electron chi connectivity index (χ4n) is 2.40. The summed E-state index contributed by atoms with van der Waals surface area (Å²) < 4.78 is 26.3. The molecule has 1 aliphatic rings. The molecule has 0 bridgehead atoms. The van der Waals surface area contributed by atoms with Gasteiger partial charge in [-0.25, -0.2) is 8.78 Å².